The van der Waals surface area contributed by atoms with Crippen molar-refractivity contribution in [3.63, 3.8) is 0 Å². The minimum Gasteiger partial charge on any atom is -0.481 e. The molecule has 0 aromatic heterocycles. The van der Waals surface area contributed by atoms with Crippen LogP contribution in [0.4, 0.5) is 13.2 Å². The van der Waals surface area contributed by atoms with Gasteiger partial charge in [0.25, 0.3) is 0 Å². The monoisotopic (exact) mass is 247 g/mol. The Hall–Kier alpha value is -1.56. The molecule has 0 saturated heterocycles. The summed E-state index contributed by atoms with van der Waals surface area (Å²) < 4.78 is 37.1. The number of aryl methyl sites for hydroxylation is 1. The average molecular weight is 247 g/mol. The van der Waals surface area contributed by atoms with Gasteiger partial charge in [-0.05, 0) is 17.5 Å². The third kappa shape index (κ3) is 4.07. The second-order valence-electron chi connectivity index (χ2n) is 3.66. The normalized spacial score (nSPS) is 13.4. The third-order valence-electron chi connectivity index (χ3n) is 2.29. The van der Waals surface area contributed by atoms with Gasteiger partial charge in [-0.3, -0.25) is 4.79 Å². The lowest BCUT2D eigenvalue weighted by Crippen LogP contribution is -2.28. The molecule has 0 aliphatic heterocycles. The number of benzene rings is 1. The van der Waals surface area contributed by atoms with Crippen molar-refractivity contribution < 1.29 is 23.1 Å². The number of nitrogens with two attached hydrogens (primary N) is 1. The van der Waals surface area contributed by atoms with Crippen molar-refractivity contribution in [2.45, 2.75) is 25.1 Å². The molecule has 6 heteroatoms. The van der Waals surface area contributed by atoms with Gasteiger partial charge in [-0.2, -0.15) is 13.2 Å². The largest absolute Gasteiger partial charge is 0.481 e. The van der Waals surface area contributed by atoms with Crippen LogP contribution < -0.4 is 5.73 Å². The van der Waals surface area contributed by atoms with Crippen LogP contribution in [0.3, 0.4) is 0 Å². The highest BCUT2D eigenvalue weighted by molar-refractivity contribution is 5.67. The lowest BCUT2D eigenvalue weighted by molar-refractivity contribution is -0.149. The van der Waals surface area contributed by atoms with E-state index >= 15 is 0 Å². The smallest absolute Gasteiger partial charge is 0.407 e. The first-order valence-electron chi connectivity index (χ1n) is 4.93. The summed E-state index contributed by atoms with van der Waals surface area (Å²) in [7, 11) is 0. The zero-order valence-corrected chi connectivity index (χ0v) is 8.87. The predicted molar refractivity (Wildman–Crippen MR) is 55.4 cm³/mol. The first kappa shape index (κ1) is 13.5. The number of aliphatic carboxylic acids is 1. The highest BCUT2D eigenvalue weighted by atomic mass is 19.4. The molecule has 1 aromatic rings. The molecular formula is C11H12F3NO2. The average Bonchev–Trinajstić information content (AvgIpc) is 2.24. The van der Waals surface area contributed by atoms with Crippen molar-refractivity contribution in [1.29, 1.82) is 0 Å². The van der Waals surface area contributed by atoms with Crippen LogP contribution in [-0.4, -0.2) is 17.3 Å². The van der Waals surface area contributed by atoms with Crippen LogP contribution in [0, 0.1) is 0 Å². The fraction of sp³-hybridized carbons (Fsp3) is 0.364. The van der Waals surface area contributed by atoms with E-state index < -0.39 is 18.2 Å². The van der Waals surface area contributed by atoms with Gasteiger partial charge in [0.1, 0.15) is 6.04 Å². The second-order valence-corrected chi connectivity index (χ2v) is 3.66. The highest BCUT2D eigenvalue weighted by Crippen LogP contribution is 2.30. The number of carboxylic acids is 1. The van der Waals surface area contributed by atoms with Crippen molar-refractivity contribution >= 4 is 5.97 Å². The van der Waals surface area contributed by atoms with E-state index in [0.29, 0.717) is 5.56 Å². The van der Waals surface area contributed by atoms with E-state index in [2.05, 4.69) is 0 Å². The molecule has 0 unspecified atom stereocenters. The first-order valence-corrected chi connectivity index (χ1v) is 4.93. The van der Waals surface area contributed by atoms with E-state index in [1.165, 1.54) is 18.2 Å². The van der Waals surface area contributed by atoms with Gasteiger partial charge in [-0.25, -0.2) is 0 Å². The van der Waals surface area contributed by atoms with Crippen LogP contribution in [0.1, 0.15) is 23.6 Å². The van der Waals surface area contributed by atoms with Crippen molar-refractivity contribution in [3.8, 4) is 0 Å². The van der Waals surface area contributed by atoms with E-state index in [9.17, 15) is 18.0 Å². The summed E-state index contributed by atoms with van der Waals surface area (Å²) in [5.74, 6) is -0.990. The van der Waals surface area contributed by atoms with Gasteiger partial charge in [0, 0.05) is 6.42 Å². The van der Waals surface area contributed by atoms with Crippen LogP contribution in [0.5, 0.6) is 0 Å². The molecule has 3 nitrogen and oxygen atoms in total. The van der Waals surface area contributed by atoms with Crippen LogP contribution in [-0.2, 0) is 11.2 Å². The van der Waals surface area contributed by atoms with Gasteiger partial charge < -0.3 is 10.8 Å². The summed E-state index contributed by atoms with van der Waals surface area (Å²) in [4.78, 5) is 10.3. The Kier molecular flexibility index (Phi) is 4.11. The standard InChI is InChI=1S/C11H12F3NO2/c12-11(13,14)10(15)8-3-1-2-7(6-8)4-5-9(16)17/h1-3,6,10H,4-5,15H2,(H,16,17)/t10-/m1/s1. The van der Waals surface area contributed by atoms with Gasteiger partial charge in [0.05, 0.1) is 0 Å². The summed E-state index contributed by atoms with van der Waals surface area (Å²) in [6, 6.07) is 3.56. The molecule has 0 fully saturated rings. The number of hydrogen-bond acceptors (Lipinski definition) is 2. The quantitative estimate of drug-likeness (QED) is 0.857. The predicted octanol–water partition coefficient (Wildman–Crippen LogP) is 2.27. The number of rotatable bonds is 4. The molecule has 0 amide bonds. The lowest BCUT2D eigenvalue weighted by Gasteiger charge is -2.16. The van der Waals surface area contributed by atoms with Crippen LogP contribution in [0.15, 0.2) is 24.3 Å². The number of carbonyl (C=O) groups is 1. The van der Waals surface area contributed by atoms with Gasteiger partial charge in [-0.1, -0.05) is 24.3 Å². The van der Waals surface area contributed by atoms with Gasteiger partial charge in [0.15, 0.2) is 0 Å². The maximum Gasteiger partial charge on any atom is 0.407 e. The Morgan fingerprint density at radius 3 is 2.59 bits per heavy atom. The summed E-state index contributed by atoms with van der Waals surface area (Å²) in [5.41, 5.74) is 5.53. The molecule has 1 aromatic carbocycles. The highest BCUT2D eigenvalue weighted by Gasteiger charge is 2.37. The van der Waals surface area contributed by atoms with Gasteiger partial charge >= 0.3 is 12.1 Å². The fourth-order valence-corrected chi connectivity index (χ4v) is 1.38. The summed E-state index contributed by atoms with van der Waals surface area (Å²) in [5, 5.41) is 8.48. The fourth-order valence-electron chi connectivity index (χ4n) is 1.38. The van der Waals surface area contributed by atoms with Crippen LogP contribution in [0.25, 0.3) is 0 Å². The van der Waals surface area contributed by atoms with Gasteiger partial charge in [0.2, 0.25) is 0 Å². The van der Waals surface area contributed by atoms with Crippen LogP contribution >= 0.6 is 0 Å². The number of halogens is 3. The molecule has 0 aliphatic carbocycles. The molecule has 0 bridgehead atoms. The summed E-state index contributed by atoms with van der Waals surface area (Å²) in [6.45, 7) is 0. The molecule has 1 atom stereocenters. The molecule has 0 heterocycles. The minimum atomic E-state index is -4.49. The van der Waals surface area contributed by atoms with Crippen molar-refractivity contribution in [2.75, 3.05) is 0 Å². The Morgan fingerprint density at radius 2 is 2.06 bits per heavy atom. The van der Waals surface area contributed by atoms with E-state index in [1.807, 2.05) is 0 Å². The van der Waals surface area contributed by atoms with E-state index in [4.69, 9.17) is 10.8 Å². The van der Waals surface area contributed by atoms with Crippen molar-refractivity contribution in [1.82, 2.24) is 0 Å². The molecular weight excluding hydrogens is 235 g/mol. The lowest BCUT2D eigenvalue weighted by atomic mass is 10.0. The van der Waals surface area contributed by atoms with E-state index in [0.717, 1.165) is 0 Å². The Labute approximate surface area is 96.0 Å². The van der Waals surface area contributed by atoms with Crippen molar-refractivity contribution in [3.05, 3.63) is 35.4 Å². The maximum atomic E-state index is 12.4. The topological polar surface area (TPSA) is 63.3 Å². The molecule has 3 N–H and O–H groups in total. The molecule has 17 heavy (non-hydrogen) atoms. The third-order valence-corrected chi connectivity index (χ3v) is 2.29. The number of hydrogen-bond donors (Lipinski definition) is 2. The SMILES string of the molecule is N[C@H](c1cccc(CCC(=O)O)c1)C(F)(F)F. The molecule has 0 aliphatic rings. The zero-order chi connectivity index (χ0) is 13.1. The molecule has 0 radical (unpaired) electrons. The summed E-state index contributed by atoms with van der Waals surface area (Å²) >= 11 is 0. The Balaban J connectivity index is 2.82. The summed E-state index contributed by atoms with van der Waals surface area (Å²) in [6.07, 6.45) is -4.43. The maximum absolute atomic E-state index is 12.4. The molecule has 0 spiro atoms. The Bertz CT molecular complexity index is 404. The van der Waals surface area contributed by atoms with Gasteiger partial charge in [-0.15, -0.1) is 0 Å². The van der Waals surface area contributed by atoms with Crippen LogP contribution in [0.2, 0.25) is 0 Å². The molecule has 94 valence electrons. The zero-order valence-electron chi connectivity index (χ0n) is 8.87. The number of alkyl halides is 3. The van der Waals surface area contributed by atoms with E-state index in [-0.39, 0.29) is 18.4 Å². The van der Waals surface area contributed by atoms with Crippen molar-refractivity contribution in [2.24, 2.45) is 5.73 Å². The first-order chi connectivity index (χ1) is 7.80. The second kappa shape index (κ2) is 5.18. The number of carboxylic acid groups (broad SMARTS) is 1. The minimum absolute atomic E-state index is 0.0552. The van der Waals surface area contributed by atoms with E-state index in [1.54, 1.807) is 6.07 Å². The Morgan fingerprint density at radius 1 is 1.41 bits per heavy atom. The molecule has 1 rings (SSSR count). The molecule has 0 saturated carbocycles.